The number of rotatable bonds is 2. The number of ketones is 1. The summed E-state index contributed by atoms with van der Waals surface area (Å²) in [5.41, 5.74) is 1.39. The standard InChI is InChI=1S/C12H12O4/c1-16-8-3-5-9-7(6-8)2-4-10(11(9)13)12(14)15/h3,5-6,10H,2,4H2,1H3,(H,14,15). The summed E-state index contributed by atoms with van der Waals surface area (Å²) in [6.45, 7) is 0. The molecule has 84 valence electrons. The molecule has 1 unspecified atom stereocenters. The van der Waals surface area contributed by atoms with Gasteiger partial charge in [-0.05, 0) is 36.6 Å². The lowest BCUT2D eigenvalue weighted by atomic mass is 9.83. The van der Waals surface area contributed by atoms with Crippen LogP contribution >= 0.6 is 0 Å². The second-order valence-electron chi connectivity index (χ2n) is 3.82. The van der Waals surface area contributed by atoms with Gasteiger partial charge in [0.05, 0.1) is 7.11 Å². The molecule has 1 aromatic rings. The van der Waals surface area contributed by atoms with Crippen LogP contribution < -0.4 is 4.74 Å². The van der Waals surface area contributed by atoms with Gasteiger partial charge in [0, 0.05) is 5.56 Å². The van der Waals surface area contributed by atoms with E-state index in [1.54, 1.807) is 25.3 Å². The van der Waals surface area contributed by atoms with Crippen molar-refractivity contribution in [2.45, 2.75) is 12.8 Å². The molecule has 1 aliphatic rings. The molecule has 0 aliphatic heterocycles. The maximum Gasteiger partial charge on any atom is 0.314 e. The van der Waals surface area contributed by atoms with E-state index in [2.05, 4.69) is 0 Å². The zero-order valence-corrected chi connectivity index (χ0v) is 8.90. The highest BCUT2D eigenvalue weighted by molar-refractivity contribution is 6.09. The monoisotopic (exact) mass is 220 g/mol. The third-order valence-corrected chi connectivity index (χ3v) is 2.89. The summed E-state index contributed by atoms with van der Waals surface area (Å²) >= 11 is 0. The third kappa shape index (κ3) is 1.66. The molecule has 1 atom stereocenters. The van der Waals surface area contributed by atoms with Gasteiger partial charge in [-0.25, -0.2) is 0 Å². The molecular formula is C12H12O4. The van der Waals surface area contributed by atoms with Crippen LogP contribution in [0.25, 0.3) is 0 Å². The van der Waals surface area contributed by atoms with E-state index in [4.69, 9.17) is 9.84 Å². The normalized spacial score (nSPS) is 19.1. The second kappa shape index (κ2) is 3.96. The van der Waals surface area contributed by atoms with E-state index in [0.717, 1.165) is 5.56 Å². The zero-order chi connectivity index (χ0) is 11.7. The highest BCUT2D eigenvalue weighted by Crippen LogP contribution is 2.28. The minimum atomic E-state index is -1.04. The Kier molecular flexibility index (Phi) is 2.64. The van der Waals surface area contributed by atoms with Crippen molar-refractivity contribution in [1.82, 2.24) is 0 Å². The van der Waals surface area contributed by atoms with Crippen molar-refractivity contribution in [3.05, 3.63) is 29.3 Å². The number of carboxylic acids is 1. The van der Waals surface area contributed by atoms with Crippen molar-refractivity contribution in [1.29, 1.82) is 0 Å². The van der Waals surface area contributed by atoms with Gasteiger partial charge in [0.1, 0.15) is 11.7 Å². The first kappa shape index (κ1) is 10.7. The largest absolute Gasteiger partial charge is 0.497 e. The predicted molar refractivity (Wildman–Crippen MR) is 56.8 cm³/mol. The smallest absolute Gasteiger partial charge is 0.314 e. The molecule has 0 heterocycles. The van der Waals surface area contributed by atoms with Gasteiger partial charge >= 0.3 is 5.97 Å². The lowest BCUT2D eigenvalue weighted by Gasteiger charge is -2.20. The number of benzene rings is 1. The van der Waals surface area contributed by atoms with E-state index >= 15 is 0 Å². The van der Waals surface area contributed by atoms with Crippen molar-refractivity contribution in [3.8, 4) is 5.75 Å². The van der Waals surface area contributed by atoms with Crippen LogP contribution in [0.2, 0.25) is 0 Å². The fourth-order valence-electron chi connectivity index (χ4n) is 2.00. The van der Waals surface area contributed by atoms with Gasteiger partial charge in [0.15, 0.2) is 5.78 Å². The number of Topliss-reactive ketones (excluding diaryl/α,β-unsaturated/α-hetero) is 1. The third-order valence-electron chi connectivity index (χ3n) is 2.89. The van der Waals surface area contributed by atoms with E-state index in [1.165, 1.54) is 0 Å². The summed E-state index contributed by atoms with van der Waals surface area (Å²) in [4.78, 5) is 22.7. The molecular weight excluding hydrogens is 208 g/mol. The van der Waals surface area contributed by atoms with Crippen molar-refractivity contribution in [2.75, 3.05) is 7.11 Å². The van der Waals surface area contributed by atoms with Crippen LogP contribution in [-0.2, 0) is 11.2 Å². The first-order valence-electron chi connectivity index (χ1n) is 5.07. The van der Waals surface area contributed by atoms with Crippen LogP contribution in [0.15, 0.2) is 18.2 Å². The second-order valence-corrected chi connectivity index (χ2v) is 3.82. The van der Waals surface area contributed by atoms with E-state index in [-0.39, 0.29) is 5.78 Å². The van der Waals surface area contributed by atoms with Gasteiger partial charge in [-0.2, -0.15) is 0 Å². The summed E-state index contributed by atoms with van der Waals surface area (Å²) in [5, 5.41) is 8.89. The van der Waals surface area contributed by atoms with Crippen LogP contribution in [0.3, 0.4) is 0 Å². The van der Waals surface area contributed by atoms with Crippen LogP contribution in [0.1, 0.15) is 22.3 Å². The molecule has 1 N–H and O–H groups in total. The number of hydrogen-bond acceptors (Lipinski definition) is 3. The number of aryl methyl sites for hydroxylation is 1. The van der Waals surface area contributed by atoms with Crippen LogP contribution in [-0.4, -0.2) is 24.0 Å². The molecule has 16 heavy (non-hydrogen) atoms. The van der Waals surface area contributed by atoms with Crippen molar-refractivity contribution in [2.24, 2.45) is 5.92 Å². The van der Waals surface area contributed by atoms with E-state index < -0.39 is 11.9 Å². The molecule has 0 aromatic heterocycles. The zero-order valence-electron chi connectivity index (χ0n) is 8.90. The number of fused-ring (bicyclic) bond motifs is 1. The number of carboxylic acid groups (broad SMARTS) is 1. The number of hydrogen-bond donors (Lipinski definition) is 1. The van der Waals surface area contributed by atoms with Gasteiger partial charge in [-0.3, -0.25) is 9.59 Å². The molecule has 1 aliphatic carbocycles. The Morgan fingerprint density at radius 1 is 1.50 bits per heavy atom. The Morgan fingerprint density at radius 3 is 2.88 bits per heavy atom. The number of carbonyl (C=O) groups is 2. The van der Waals surface area contributed by atoms with E-state index in [0.29, 0.717) is 24.2 Å². The minimum absolute atomic E-state index is 0.295. The van der Waals surface area contributed by atoms with Gasteiger partial charge in [-0.15, -0.1) is 0 Å². The fraction of sp³-hybridized carbons (Fsp3) is 0.333. The van der Waals surface area contributed by atoms with E-state index in [9.17, 15) is 9.59 Å². The number of methoxy groups -OCH3 is 1. The highest BCUT2D eigenvalue weighted by Gasteiger charge is 2.32. The summed E-state index contributed by atoms with van der Waals surface area (Å²) in [6, 6.07) is 5.12. The summed E-state index contributed by atoms with van der Waals surface area (Å²) in [6.07, 6.45) is 0.976. The van der Waals surface area contributed by atoms with Crippen LogP contribution in [0, 0.1) is 5.92 Å². The van der Waals surface area contributed by atoms with E-state index in [1.807, 2.05) is 0 Å². The SMILES string of the molecule is COc1ccc2c(c1)CCC(C(=O)O)C2=O. The molecule has 0 amide bonds. The van der Waals surface area contributed by atoms with Gasteiger partial charge in [-0.1, -0.05) is 0 Å². The average molecular weight is 220 g/mol. The Hall–Kier alpha value is -1.84. The fourth-order valence-corrected chi connectivity index (χ4v) is 2.00. The average Bonchev–Trinajstić information content (AvgIpc) is 2.28. The van der Waals surface area contributed by atoms with Crippen molar-refractivity contribution in [3.63, 3.8) is 0 Å². The lowest BCUT2D eigenvalue weighted by molar-refractivity contribution is -0.140. The summed E-state index contributed by atoms with van der Waals surface area (Å²) in [7, 11) is 1.56. The quantitative estimate of drug-likeness (QED) is 0.767. The van der Waals surface area contributed by atoms with Crippen molar-refractivity contribution >= 4 is 11.8 Å². The topological polar surface area (TPSA) is 63.6 Å². The molecule has 0 spiro atoms. The Labute approximate surface area is 92.8 Å². The lowest BCUT2D eigenvalue weighted by Crippen LogP contribution is -2.29. The van der Waals surface area contributed by atoms with Gasteiger partial charge < -0.3 is 9.84 Å². The Morgan fingerprint density at radius 2 is 2.25 bits per heavy atom. The Balaban J connectivity index is 2.39. The van der Waals surface area contributed by atoms with Crippen molar-refractivity contribution < 1.29 is 19.4 Å². The highest BCUT2D eigenvalue weighted by atomic mass is 16.5. The molecule has 4 nitrogen and oxygen atoms in total. The number of ether oxygens (including phenoxy) is 1. The molecule has 1 aromatic carbocycles. The maximum absolute atomic E-state index is 11.8. The van der Waals surface area contributed by atoms with Gasteiger partial charge in [0.2, 0.25) is 0 Å². The maximum atomic E-state index is 11.8. The molecule has 0 saturated heterocycles. The van der Waals surface area contributed by atoms with Crippen LogP contribution in [0.5, 0.6) is 5.75 Å². The van der Waals surface area contributed by atoms with Crippen LogP contribution in [0.4, 0.5) is 0 Å². The first-order valence-corrected chi connectivity index (χ1v) is 5.07. The molecule has 2 rings (SSSR count). The minimum Gasteiger partial charge on any atom is -0.497 e. The molecule has 4 heteroatoms. The molecule has 0 bridgehead atoms. The predicted octanol–water partition coefficient (Wildman–Crippen LogP) is 1.52. The Bertz CT molecular complexity index is 450. The van der Waals surface area contributed by atoms with Gasteiger partial charge in [0.25, 0.3) is 0 Å². The molecule has 0 radical (unpaired) electrons. The summed E-state index contributed by atoms with van der Waals surface area (Å²) < 4.78 is 5.06. The first-order chi connectivity index (χ1) is 7.63. The molecule has 0 fully saturated rings. The molecule has 0 saturated carbocycles. The number of aliphatic carboxylic acids is 1. The summed E-state index contributed by atoms with van der Waals surface area (Å²) in [5.74, 6) is -1.52. The number of carbonyl (C=O) groups excluding carboxylic acids is 1.